The van der Waals surface area contributed by atoms with Gasteiger partial charge in [0.15, 0.2) is 0 Å². The number of pyridine rings is 1. The molecule has 1 fully saturated rings. The molecule has 0 atom stereocenters. The molecule has 1 aromatic rings. The number of hydrogen-bond acceptors (Lipinski definition) is 4. The minimum Gasteiger partial charge on any atom is -0.369 e. The fraction of sp³-hybridized carbons (Fsp3) is 0.643. The largest absolute Gasteiger partial charge is 0.369 e. The molecule has 118 valence electrons. The average molecular weight is 376 g/mol. The summed E-state index contributed by atoms with van der Waals surface area (Å²) >= 11 is 3.32. The standard InChI is InChI=1S/C14H22BrN3O2S/c1-3-8-16-14-13(9-11(15)10-17-14)21(19,20)18(2)12-6-4-5-7-12/h9-10,12H,3-8H2,1-2H3,(H,16,17). The lowest BCUT2D eigenvalue weighted by atomic mass is 10.3. The van der Waals surface area contributed by atoms with E-state index in [1.807, 2.05) is 6.92 Å². The van der Waals surface area contributed by atoms with Gasteiger partial charge in [-0.05, 0) is 41.3 Å². The molecule has 21 heavy (non-hydrogen) atoms. The van der Waals surface area contributed by atoms with E-state index in [9.17, 15) is 8.42 Å². The second kappa shape index (κ2) is 7.07. The Kier molecular flexibility index (Phi) is 5.62. The molecule has 1 aliphatic rings. The molecule has 0 bridgehead atoms. The number of nitrogens with one attached hydrogen (secondary N) is 1. The molecule has 1 aromatic heterocycles. The van der Waals surface area contributed by atoms with Crippen molar-refractivity contribution in [2.75, 3.05) is 18.9 Å². The number of sulfonamides is 1. The van der Waals surface area contributed by atoms with Crippen molar-refractivity contribution in [3.05, 3.63) is 16.7 Å². The average Bonchev–Trinajstić information content (AvgIpc) is 2.99. The van der Waals surface area contributed by atoms with Crippen LogP contribution in [0.1, 0.15) is 39.0 Å². The van der Waals surface area contributed by atoms with Gasteiger partial charge in [-0.2, -0.15) is 4.31 Å². The van der Waals surface area contributed by atoms with E-state index in [4.69, 9.17) is 0 Å². The molecule has 7 heteroatoms. The van der Waals surface area contributed by atoms with E-state index in [1.165, 1.54) is 4.31 Å². The second-order valence-corrected chi connectivity index (χ2v) is 8.27. The Bertz CT molecular complexity index is 586. The lowest BCUT2D eigenvalue weighted by Crippen LogP contribution is -2.35. The molecule has 1 heterocycles. The third-order valence-electron chi connectivity index (χ3n) is 3.86. The maximum absolute atomic E-state index is 12.9. The van der Waals surface area contributed by atoms with Gasteiger partial charge >= 0.3 is 0 Å². The first-order valence-corrected chi connectivity index (χ1v) is 9.57. The predicted octanol–water partition coefficient (Wildman–Crippen LogP) is 3.23. The summed E-state index contributed by atoms with van der Waals surface area (Å²) in [6.45, 7) is 2.73. The number of halogens is 1. The van der Waals surface area contributed by atoms with Gasteiger partial charge < -0.3 is 5.32 Å². The Labute approximate surface area is 135 Å². The molecule has 0 aromatic carbocycles. The molecule has 1 N–H and O–H groups in total. The predicted molar refractivity (Wildman–Crippen MR) is 87.9 cm³/mol. The summed E-state index contributed by atoms with van der Waals surface area (Å²) in [5, 5.41) is 3.10. The van der Waals surface area contributed by atoms with Crippen LogP contribution < -0.4 is 5.32 Å². The van der Waals surface area contributed by atoms with Crippen LogP contribution in [0.3, 0.4) is 0 Å². The number of hydrogen-bond donors (Lipinski definition) is 1. The van der Waals surface area contributed by atoms with Gasteiger partial charge in [0.1, 0.15) is 10.7 Å². The van der Waals surface area contributed by atoms with Crippen LogP contribution in [-0.4, -0.2) is 37.3 Å². The Hall–Kier alpha value is -0.660. The fourth-order valence-electron chi connectivity index (χ4n) is 2.61. The number of anilines is 1. The zero-order chi connectivity index (χ0) is 15.5. The first-order chi connectivity index (χ1) is 9.96. The molecule has 5 nitrogen and oxygen atoms in total. The Morgan fingerprint density at radius 1 is 1.43 bits per heavy atom. The highest BCUT2D eigenvalue weighted by atomic mass is 79.9. The SMILES string of the molecule is CCCNc1ncc(Br)cc1S(=O)(=O)N(C)C1CCCC1. The molecule has 0 radical (unpaired) electrons. The lowest BCUT2D eigenvalue weighted by molar-refractivity contribution is 0.373. The van der Waals surface area contributed by atoms with Gasteiger partial charge in [-0.25, -0.2) is 13.4 Å². The van der Waals surface area contributed by atoms with Gasteiger partial charge in [0.25, 0.3) is 0 Å². The molecule has 1 saturated carbocycles. The van der Waals surface area contributed by atoms with Gasteiger partial charge in [-0.1, -0.05) is 19.8 Å². The highest BCUT2D eigenvalue weighted by Crippen LogP contribution is 2.30. The maximum Gasteiger partial charge on any atom is 0.246 e. The van der Waals surface area contributed by atoms with Crippen molar-refractivity contribution in [3.8, 4) is 0 Å². The summed E-state index contributed by atoms with van der Waals surface area (Å²) < 4.78 is 27.9. The van der Waals surface area contributed by atoms with Crippen LogP contribution in [0.2, 0.25) is 0 Å². The minimum absolute atomic E-state index is 0.105. The highest BCUT2D eigenvalue weighted by Gasteiger charge is 2.32. The topological polar surface area (TPSA) is 62.3 Å². The number of aromatic nitrogens is 1. The molecule has 0 unspecified atom stereocenters. The molecule has 0 aliphatic heterocycles. The van der Waals surface area contributed by atoms with E-state index < -0.39 is 10.0 Å². The Balaban J connectivity index is 2.35. The van der Waals surface area contributed by atoms with Crippen LogP contribution in [0.5, 0.6) is 0 Å². The van der Waals surface area contributed by atoms with Gasteiger partial charge in [0, 0.05) is 30.3 Å². The third kappa shape index (κ3) is 3.76. The Morgan fingerprint density at radius 3 is 2.71 bits per heavy atom. The van der Waals surface area contributed by atoms with Crippen molar-refractivity contribution < 1.29 is 8.42 Å². The van der Waals surface area contributed by atoms with E-state index in [-0.39, 0.29) is 10.9 Å². The van der Waals surface area contributed by atoms with E-state index in [0.29, 0.717) is 16.8 Å². The maximum atomic E-state index is 12.9. The van der Waals surface area contributed by atoms with Crippen LogP contribution >= 0.6 is 15.9 Å². The summed E-state index contributed by atoms with van der Waals surface area (Å²) in [6, 6.07) is 1.74. The number of rotatable bonds is 6. The highest BCUT2D eigenvalue weighted by molar-refractivity contribution is 9.10. The summed E-state index contributed by atoms with van der Waals surface area (Å²) in [4.78, 5) is 4.48. The van der Waals surface area contributed by atoms with Crippen LogP contribution in [0, 0.1) is 0 Å². The first kappa shape index (κ1) is 16.7. The van der Waals surface area contributed by atoms with Crippen LogP contribution in [0.25, 0.3) is 0 Å². The van der Waals surface area contributed by atoms with Gasteiger partial charge in [-0.3, -0.25) is 0 Å². The third-order valence-corrected chi connectivity index (χ3v) is 6.21. The zero-order valence-corrected chi connectivity index (χ0v) is 14.9. The second-order valence-electron chi connectivity index (χ2n) is 5.39. The van der Waals surface area contributed by atoms with E-state index in [1.54, 1.807) is 19.3 Å². The van der Waals surface area contributed by atoms with Crippen LogP contribution in [0.4, 0.5) is 5.82 Å². The summed E-state index contributed by atoms with van der Waals surface area (Å²) in [7, 11) is -1.85. The molecule has 0 saturated heterocycles. The molecule has 1 aliphatic carbocycles. The van der Waals surface area contributed by atoms with Gasteiger partial charge in [0.05, 0.1) is 0 Å². The monoisotopic (exact) mass is 375 g/mol. The Morgan fingerprint density at radius 2 is 2.10 bits per heavy atom. The minimum atomic E-state index is -3.53. The first-order valence-electron chi connectivity index (χ1n) is 7.34. The van der Waals surface area contributed by atoms with Crippen molar-refractivity contribution in [1.82, 2.24) is 9.29 Å². The molecule has 0 amide bonds. The van der Waals surface area contributed by atoms with Crippen LogP contribution in [0.15, 0.2) is 21.6 Å². The van der Waals surface area contributed by atoms with Crippen molar-refractivity contribution in [2.24, 2.45) is 0 Å². The quantitative estimate of drug-likeness (QED) is 0.828. The van der Waals surface area contributed by atoms with E-state index >= 15 is 0 Å². The van der Waals surface area contributed by atoms with E-state index in [0.717, 1.165) is 32.1 Å². The number of nitrogens with zero attached hydrogens (tertiary/aromatic N) is 2. The van der Waals surface area contributed by atoms with Gasteiger partial charge in [0.2, 0.25) is 10.0 Å². The van der Waals surface area contributed by atoms with Crippen molar-refractivity contribution in [1.29, 1.82) is 0 Å². The molecular weight excluding hydrogens is 354 g/mol. The normalized spacial score (nSPS) is 16.6. The molecular formula is C14H22BrN3O2S. The van der Waals surface area contributed by atoms with E-state index in [2.05, 4.69) is 26.2 Å². The van der Waals surface area contributed by atoms with Crippen molar-refractivity contribution >= 4 is 31.8 Å². The lowest BCUT2D eigenvalue weighted by Gasteiger charge is -2.24. The van der Waals surface area contributed by atoms with Gasteiger partial charge in [-0.15, -0.1) is 0 Å². The summed E-state index contributed by atoms with van der Waals surface area (Å²) in [6.07, 6.45) is 6.61. The zero-order valence-electron chi connectivity index (χ0n) is 12.5. The molecule has 0 spiro atoms. The molecule has 2 rings (SSSR count). The summed E-state index contributed by atoms with van der Waals surface area (Å²) in [5.74, 6) is 0.435. The van der Waals surface area contributed by atoms with Crippen molar-refractivity contribution in [2.45, 2.75) is 50.0 Å². The van der Waals surface area contributed by atoms with Crippen molar-refractivity contribution in [3.63, 3.8) is 0 Å². The summed E-state index contributed by atoms with van der Waals surface area (Å²) in [5.41, 5.74) is 0. The smallest absolute Gasteiger partial charge is 0.246 e. The fourth-order valence-corrected chi connectivity index (χ4v) is 4.65. The van der Waals surface area contributed by atoms with Crippen LogP contribution in [-0.2, 0) is 10.0 Å².